The molecule has 0 fully saturated rings. The highest BCUT2D eigenvalue weighted by Crippen LogP contribution is 2.43. The van der Waals surface area contributed by atoms with E-state index in [0.717, 1.165) is 11.4 Å². The summed E-state index contributed by atoms with van der Waals surface area (Å²) >= 11 is 0. The fourth-order valence-electron chi connectivity index (χ4n) is 3.80. The van der Waals surface area contributed by atoms with Crippen molar-refractivity contribution in [3.8, 4) is 0 Å². The van der Waals surface area contributed by atoms with Crippen molar-refractivity contribution in [1.29, 1.82) is 0 Å². The standard InChI is InChI=1S/C21H24N2O6S2/c1-21(2)17-10-6-11-18(31(27,28)29)20(17)23(14-7-15-30(24,25)26)19(21)12-13-22-16-8-4-3-5-9-16/h3-6,8-13H,7,14-15H2,1-2H3,(H2,24,25,26,27,28,29)/p+1. The van der Waals surface area contributed by atoms with Crippen molar-refractivity contribution < 1.29 is 30.5 Å². The van der Waals surface area contributed by atoms with E-state index in [0.29, 0.717) is 11.3 Å². The van der Waals surface area contributed by atoms with Crippen LogP contribution in [0, 0.1) is 0 Å². The maximum atomic E-state index is 12.0. The Morgan fingerprint density at radius 2 is 1.68 bits per heavy atom. The molecule has 1 aliphatic heterocycles. The highest BCUT2D eigenvalue weighted by Gasteiger charge is 2.47. The van der Waals surface area contributed by atoms with Crippen molar-refractivity contribution in [2.45, 2.75) is 30.6 Å². The summed E-state index contributed by atoms with van der Waals surface area (Å²) < 4.78 is 67.0. The van der Waals surface area contributed by atoms with Crippen molar-refractivity contribution in [3.05, 3.63) is 66.4 Å². The monoisotopic (exact) mass is 465 g/mol. The van der Waals surface area contributed by atoms with Crippen LogP contribution in [-0.4, -0.2) is 48.5 Å². The molecular weight excluding hydrogens is 440 g/mol. The van der Waals surface area contributed by atoms with Crippen LogP contribution in [-0.2, 0) is 25.7 Å². The lowest BCUT2D eigenvalue weighted by molar-refractivity contribution is -0.440. The summed E-state index contributed by atoms with van der Waals surface area (Å²) in [5.41, 5.74) is 1.96. The first-order chi connectivity index (χ1) is 14.4. The van der Waals surface area contributed by atoms with E-state index in [1.54, 1.807) is 29.0 Å². The second-order valence-corrected chi connectivity index (χ2v) is 10.7. The molecule has 0 aliphatic carbocycles. The van der Waals surface area contributed by atoms with Gasteiger partial charge in [0, 0.05) is 29.9 Å². The topological polar surface area (TPSA) is 124 Å². The molecule has 1 heterocycles. The van der Waals surface area contributed by atoms with E-state index < -0.39 is 31.4 Å². The summed E-state index contributed by atoms with van der Waals surface area (Å²) in [5, 5.41) is 3.15. The molecule has 0 aromatic heterocycles. The van der Waals surface area contributed by atoms with Gasteiger partial charge < -0.3 is 5.32 Å². The van der Waals surface area contributed by atoms with Crippen LogP contribution in [0.4, 0.5) is 11.4 Å². The summed E-state index contributed by atoms with van der Waals surface area (Å²) in [6.45, 7) is 3.98. The van der Waals surface area contributed by atoms with Gasteiger partial charge in [-0.3, -0.25) is 9.11 Å². The van der Waals surface area contributed by atoms with E-state index in [2.05, 4.69) is 5.32 Å². The number of rotatable bonds is 8. The maximum Gasteiger partial charge on any atom is 0.301 e. The van der Waals surface area contributed by atoms with Crippen LogP contribution >= 0.6 is 0 Å². The van der Waals surface area contributed by atoms with Gasteiger partial charge in [0.2, 0.25) is 5.69 Å². The fourth-order valence-corrected chi connectivity index (χ4v) is 5.00. The minimum atomic E-state index is -4.51. The van der Waals surface area contributed by atoms with Gasteiger partial charge in [-0.15, -0.1) is 0 Å². The van der Waals surface area contributed by atoms with Gasteiger partial charge in [0.25, 0.3) is 10.1 Å². The molecule has 1 aliphatic rings. The van der Waals surface area contributed by atoms with Crippen LogP contribution in [0.3, 0.4) is 0 Å². The highest BCUT2D eigenvalue weighted by atomic mass is 32.2. The third-order valence-corrected chi connectivity index (χ3v) is 6.89. The van der Waals surface area contributed by atoms with Crippen molar-refractivity contribution in [2.75, 3.05) is 17.6 Å². The zero-order valence-electron chi connectivity index (χ0n) is 17.2. The van der Waals surface area contributed by atoms with E-state index in [4.69, 9.17) is 4.55 Å². The van der Waals surface area contributed by atoms with E-state index in [-0.39, 0.29) is 17.9 Å². The third-order valence-electron chi connectivity index (χ3n) is 5.20. The lowest BCUT2D eigenvalue weighted by Crippen LogP contribution is -2.28. The number of allylic oxidation sites excluding steroid dienone is 1. The van der Waals surface area contributed by atoms with Crippen LogP contribution in [0.5, 0.6) is 0 Å². The lowest BCUT2D eigenvalue weighted by Gasteiger charge is -2.15. The Labute approximate surface area is 182 Å². The molecule has 3 rings (SSSR count). The molecule has 0 saturated heterocycles. The summed E-state index contributed by atoms with van der Waals surface area (Å²) in [7, 11) is -8.68. The molecule has 0 unspecified atom stereocenters. The third kappa shape index (κ3) is 5.21. The summed E-state index contributed by atoms with van der Waals surface area (Å²) in [6, 6.07) is 14.1. The Hall–Kier alpha value is -2.53. The van der Waals surface area contributed by atoms with Crippen molar-refractivity contribution in [3.63, 3.8) is 0 Å². The number of nitrogens with one attached hydrogen (secondary N) is 1. The average molecular weight is 466 g/mol. The fraction of sp³-hybridized carbons (Fsp3) is 0.286. The van der Waals surface area contributed by atoms with Gasteiger partial charge in [-0.2, -0.15) is 21.4 Å². The number of hydrogen-bond donors (Lipinski definition) is 3. The van der Waals surface area contributed by atoms with Gasteiger partial charge in [-0.05, 0) is 32.0 Å². The molecule has 0 radical (unpaired) electrons. The molecule has 8 nitrogen and oxygen atoms in total. The molecule has 0 spiro atoms. The Morgan fingerprint density at radius 3 is 2.29 bits per heavy atom. The molecule has 0 atom stereocenters. The van der Waals surface area contributed by atoms with E-state index >= 15 is 0 Å². The second kappa shape index (κ2) is 8.54. The Morgan fingerprint density at radius 1 is 1.00 bits per heavy atom. The van der Waals surface area contributed by atoms with Crippen molar-refractivity contribution in [1.82, 2.24) is 0 Å². The minimum Gasteiger partial charge on any atom is -0.361 e. The molecule has 2 aromatic carbocycles. The van der Waals surface area contributed by atoms with Gasteiger partial charge in [0.15, 0.2) is 10.6 Å². The van der Waals surface area contributed by atoms with E-state index in [1.165, 1.54) is 6.07 Å². The number of fused-ring (bicyclic) bond motifs is 1. The molecular formula is C21H25N2O6S2+. The Kier molecular flexibility index (Phi) is 6.38. The van der Waals surface area contributed by atoms with Gasteiger partial charge >= 0.3 is 10.1 Å². The minimum absolute atomic E-state index is 0.0671. The first-order valence-corrected chi connectivity index (χ1v) is 12.7. The van der Waals surface area contributed by atoms with Crippen molar-refractivity contribution in [2.24, 2.45) is 0 Å². The first-order valence-electron chi connectivity index (χ1n) is 9.60. The lowest BCUT2D eigenvalue weighted by atomic mass is 9.81. The van der Waals surface area contributed by atoms with Crippen LogP contribution in [0.1, 0.15) is 25.8 Å². The zero-order valence-corrected chi connectivity index (χ0v) is 18.8. The largest absolute Gasteiger partial charge is 0.361 e. The molecule has 31 heavy (non-hydrogen) atoms. The van der Waals surface area contributed by atoms with E-state index in [1.807, 2.05) is 44.2 Å². The van der Waals surface area contributed by atoms with Crippen LogP contribution in [0.25, 0.3) is 0 Å². The van der Waals surface area contributed by atoms with Gasteiger partial charge in [0.05, 0.1) is 11.2 Å². The second-order valence-electron chi connectivity index (χ2n) is 7.77. The van der Waals surface area contributed by atoms with Crippen LogP contribution in [0.15, 0.2) is 65.7 Å². The normalized spacial score (nSPS) is 16.0. The first kappa shape index (κ1) is 23.1. The predicted octanol–water partition coefficient (Wildman–Crippen LogP) is 3.21. The predicted molar refractivity (Wildman–Crippen MR) is 119 cm³/mol. The Balaban J connectivity index is 2.09. The zero-order chi connectivity index (χ0) is 22.9. The van der Waals surface area contributed by atoms with Crippen molar-refractivity contribution >= 4 is 37.3 Å². The Bertz CT molecular complexity index is 1250. The molecule has 3 N–H and O–H groups in total. The average Bonchev–Trinajstić information content (AvgIpc) is 2.88. The summed E-state index contributed by atoms with van der Waals surface area (Å²) in [4.78, 5) is -0.246. The number of nitrogens with zero attached hydrogens (tertiary/aromatic N) is 1. The number of benzene rings is 2. The van der Waals surface area contributed by atoms with Crippen LogP contribution < -0.4 is 5.32 Å². The summed E-state index contributed by atoms with van der Waals surface area (Å²) in [5.74, 6) is -0.466. The SMILES string of the molecule is CC1(C)C(C=CNc2ccccc2)=[N+](CCCS(=O)(=O)O)c2c1cccc2S(=O)(=O)O. The van der Waals surface area contributed by atoms with Crippen LogP contribution in [0.2, 0.25) is 0 Å². The smallest absolute Gasteiger partial charge is 0.301 e. The molecule has 0 amide bonds. The van der Waals surface area contributed by atoms with E-state index in [9.17, 15) is 21.4 Å². The molecule has 0 bridgehead atoms. The van der Waals surface area contributed by atoms with Gasteiger partial charge in [0.1, 0.15) is 6.54 Å². The maximum absolute atomic E-state index is 12.0. The van der Waals surface area contributed by atoms with Gasteiger partial charge in [-0.1, -0.05) is 30.3 Å². The van der Waals surface area contributed by atoms with Gasteiger partial charge in [-0.25, -0.2) is 0 Å². The quantitative estimate of drug-likeness (QED) is 0.404. The summed E-state index contributed by atoms with van der Waals surface area (Å²) in [6.07, 6.45) is 3.59. The molecule has 0 saturated carbocycles. The molecule has 10 heteroatoms. The number of hydrogen-bond acceptors (Lipinski definition) is 5. The number of anilines is 1. The highest BCUT2D eigenvalue weighted by molar-refractivity contribution is 7.86. The molecule has 166 valence electrons. The number of para-hydroxylation sites is 2. The molecule has 2 aromatic rings.